The van der Waals surface area contributed by atoms with Crippen molar-refractivity contribution in [2.45, 2.75) is 40.2 Å². The minimum absolute atomic E-state index is 0.0503. The number of carbonyl (C=O) groups excluding carboxylic acids is 4. The summed E-state index contributed by atoms with van der Waals surface area (Å²) in [4.78, 5) is 47.7. The van der Waals surface area contributed by atoms with Gasteiger partial charge in [0.25, 0.3) is 0 Å². The first-order valence-corrected chi connectivity index (χ1v) is 7.57. The number of hydrogen-bond acceptors (Lipinski definition) is 6. The highest BCUT2D eigenvalue weighted by Crippen LogP contribution is 2.01. The van der Waals surface area contributed by atoms with E-state index >= 15 is 0 Å². The van der Waals surface area contributed by atoms with E-state index in [0.717, 1.165) is 6.42 Å². The first-order valence-electron chi connectivity index (χ1n) is 7.57. The van der Waals surface area contributed by atoms with Crippen molar-refractivity contribution >= 4 is 23.6 Å². The van der Waals surface area contributed by atoms with Gasteiger partial charge in [-0.05, 0) is 19.3 Å². The highest BCUT2D eigenvalue weighted by atomic mass is 16.6. The van der Waals surface area contributed by atoms with E-state index in [0.29, 0.717) is 6.54 Å². The Morgan fingerprint density at radius 2 is 1.71 bits per heavy atom. The molecule has 7 N–H and O–H groups in total. The summed E-state index contributed by atoms with van der Waals surface area (Å²) >= 11 is 0. The molecule has 0 aliphatic rings. The smallest absolute Gasteiger partial charge is 0.312 e. The van der Waals surface area contributed by atoms with Crippen molar-refractivity contribution in [3.05, 3.63) is 0 Å². The molecule has 10 heteroatoms. The van der Waals surface area contributed by atoms with Crippen LogP contribution in [0.1, 0.15) is 34.1 Å². The zero-order valence-corrected chi connectivity index (χ0v) is 14.7. The third-order valence-corrected chi connectivity index (χ3v) is 2.54. The van der Waals surface area contributed by atoms with Gasteiger partial charge in [0.05, 0.1) is 6.54 Å². The molecule has 0 aromatic carbocycles. The Labute approximate surface area is 142 Å². The first kappa shape index (κ1) is 24.1. The average Bonchev–Trinajstić information content (AvgIpc) is 2.48. The maximum Gasteiger partial charge on any atom is 0.312 e. The summed E-state index contributed by atoms with van der Waals surface area (Å²) in [6.45, 7) is 7.20. The van der Waals surface area contributed by atoms with Crippen LogP contribution in [0.4, 0.5) is 4.79 Å². The van der Waals surface area contributed by atoms with E-state index in [9.17, 15) is 19.2 Å². The third-order valence-electron chi connectivity index (χ3n) is 2.54. The fraction of sp³-hybridized carbons (Fsp3) is 0.714. The van der Waals surface area contributed by atoms with Crippen LogP contribution >= 0.6 is 0 Å². The predicted molar refractivity (Wildman–Crippen MR) is 88.5 cm³/mol. The molecule has 0 aliphatic carbocycles. The maximum atomic E-state index is 11.7. The predicted octanol–water partition coefficient (Wildman–Crippen LogP) is -1.21. The van der Waals surface area contributed by atoms with Crippen molar-refractivity contribution in [3.8, 4) is 0 Å². The number of urea groups is 1. The number of amides is 4. The minimum atomic E-state index is -0.711. The molecule has 140 valence electrons. The van der Waals surface area contributed by atoms with Crippen LogP contribution < -0.4 is 27.6 Å². The van der Waals surface area contributed by atoms with Crippen LogP contribution in [-0.4, -0.2) is 49.4 Å². The Morgan fingerprint density at radius 3 is 2.04 bits per heavy atom. The lowest BCUT2D eigenvalue weighted by molar-refractivity contribution is -0.133. The van der Waals surface area contributed by atoms with E-state index in [4.69, 9.17) is 11.6 Å². The number of carbonyl (C=O) groups is 4. The van der Waals surface area contributed by atoms with Crippen LogP contribution in [0.25, 0.3) is 0 Å². The van der Waals surface area contributed by atoms with Crippen molar-refractivity contribution in [3.63, 3.8) is 0 Å². The number of rotatable bonds is 9. The van der Waals surface area contributed by atoms with Crippen LogP contribution in [0.2, 0.25) is 0 Å². The SMILES string of the molecule is CC(=O)CNC(=O)C(NC(=O)CON)C(C)C.CCCNC(N)=O. The second kappa shape index (κ2) is 14.4. The highest BCUT2D eigenvalue weighted by molar-refractivity contribution is 5.90. The maximum absolute atomic E-state index is 11.7. The number of primary amides is 1. The van der Waals surface area contributed by atoms with E-state index in [2.05, 4.69) is 20.8 Å². The minimum Gasteiger partial charge on any atom is -0.352 e. The molecular weight excluding hydrogens is 318 g/mol. The Balaban J connectivity index is 0. The summed E-state index contributed by atoms with van der Waals surface area (Å²) in [6.07, 6.45) is 0.933. The molecule has 1 atom stereocenters. The summed E-state index contributed by atoms with van der Waals surface area (Å²) in [7, 11) is 0. The summed E-state index contributed by atoms with van der Waals surface area (Å²) < 4.78 is 0. The van der Waals surface area contributed by atoms with Gasteiger partial charge >= 0.3 is 6.03 Å². The van der Waals surface area contributed by atoms with Gasteiger partial charge in [-0.15, -0.1) is 0 Å². The first-order chi connectivity index (χ1) is 11.1. The van der Waals surface area contributed by atoms with Crippen molar-refractivity contribution in [2.24, 2.45) is 17.5 Å². The molecule has 0 rings (SSSR count). The summed E-state index contributed by atoms with van der Waals surface area (Å²) in [5.74, 6) is 3.60. The van der Waals surface area contributed by atoms with Gasteiger partial charge in [-0.3, -0.25) is 19.2 Å². The van der Waals surface area contributed by atoms with Gasteiger partial charge in [-0.2, -0.15) is 0 Å². The summed E-state index contributed by atoms with van der Waals surface area (Å²) in [5, 5.41) is 7.34. The second-order valence-electron chi connectivity index (χ2n) is 5.31. The molecular formula is C14H29N5O5. The lowest BCUT2D eigenvalue weighted by Crippen LogP contribution is -2.51. The van der Waals surface area contributed by atoms with Gasteiger partial charge in [0.1, 0.15) is 18.4 Å². The van der Waals surface area contributed by atoms with Gasteiger partial charge < -0.3 is 21.7 Å². The van der Waals surface area contributed by atoms with Crippen LogP contribution in [0, 0.1) is 5.92 Å². The van der Waals surface area contributed by atoms with Crippen molar-refractivity contribution in [2.75, 3.05) is 19.7 Å². The fourth-order valence-corrected chi connectivity index (χ4v) is 1.40. The third kappa shape index (κ3) is 14.7. The van der Waals surface area contributed by atoms with Crippen LogP contribution in [0.3, 0.4) is 0 Å². The van der Waals surface area contributed by atoms with E-state index in [1.165, 1.54) is 6.92 Å². The molecule has 10 nitrogen and oxygen atoms in total. The van der Waals surface area contributed by atoms with E-state index in [-0.39, 0.29) is 24.9 Å². The number of ketones is 1. The zero-order chi connectivity index (χ0) is 19.1. The van der Waals surface area contributed by atoms with E-state index < -0.39 is 23.9 Å². The Bertz CT molecular complexity index is 414. The molecule has 0 bridgehead atoms. The lowest BCUT2D eigenvalue weighted by atomic mass is 10.0. The normalized spacial score (nSPS) is 10.9. The van der Waals surface area contributed by atoms with Gasteiger partial charge in [0, 0.05) is 6.54 Å². The van der Waals surface area contributed by atoms with Crippen LogP contribution in [0.15, 0.2) is 0 Å². The number of hydrogen-bond donors (Lipinski definition) is 5. The molecule has 0 aromatic rings. The van der Waals surface area contributed by atoms with E-state index in [1.54, 1.807) is 13.8 Å². The molecule has 24 heavy (non-hydrogen) atoms. The Hall–Kier alpha value is -2.20. The number of nitrogens with one attached hydrogen (secondary N) is 3. The molecule has 0 saturated carbocycles. The number of nitrogens with two attached hydrogens (primary N) is 2. The molecule has 1 unspecified atom stereocenters. The van der Waals surface area contributed by atoms with Crippen molar-refractivity contribution in [1.29, 1.82) is 0 Å². The van der Waals surface area contributed by atoms with Gasteiger partial charge in [-0.1, -0.05) is 20.8 Å². The summed E-state index contributed by atoms with van der Waals surface area (Å²) in [5.41, 5.74) is 4.73. The lowest BCUT2D eigenvalue weighted by Gasteiger charge is -2.21. The topological polar surface area (TPSA) is 166 Å². The molecule has 0 aliphatic heterocycles. The molecule has 4 amide bonds. The van der Waals surface area contributed by atoms with Crippen molar-refractivity contribution in [1.82, 2.24) is 16.0 Å². The number of Topliss-reactive ketones (excluding diaryl/α,β-unsaturated/α-hetero) is 1. The van der Waals surface area contributed by atoms with E-state index in [1.807, 2.05) is 6.92 Å². The Morgan fingerprint density at radius 1 is 1.12 bits per heavy atom. The van der Waals surface area contributed by atoms with Crippen LogP contribution in [0.5, 0.6) is 0 Å². The molecule has 0 heterocycles. The largest absolute Gasteiger partial charge is 0.352 e. The van der Waals surface area contributed by atoms with Gasteiger partial charge in [0.15, 0.2) is 0 Å². The standard InChI is InChI=1S/C10H19N3O4.C4H10N2O/c1-6(2)9(13-8(15)5-17-11)10(16)12-4-7(3)14;1-2-3-6-4(5)7/h6,9H,4-5,11H2,1-3H3,(H,12,16)(H,13,15);2-3H2,1H3,(H3,5,6,7). The van der Waals surface area contributed by atoms with Crippen LogP contribution in [-0.2, 0) is 19.2 Å². The molecule has 0 aromatic heterocycles. The Kier molecular flexibility index (Phi) is 14.4. The monoisotopic (exact) mass is 347 g/mol. The average molecular weight is 347 g/mol. The molecule has 0 fully saturated rings. The second-order valence-corrected chi connectivity index (χ2v) is 5.31. The summed E-state index contributed by atoms with van der Waals surface area (Å²) in [6, 6.07) is -1.15. The molecule has 0 radical (unpaired) electrons. The highest BCUT2D eigenvalue weighted by Gasteiger charge is 2.23. The van der Waals surface area contributed by atoms with Gasteiger partial charge in [-0.25, -0.2) is 10.7 Å². The fourth-order valence-electron chi connectivity index (χ4n) is 1.40. The van der Waals surface area contributed by atoms with Gasteiger partial charge in [0.2, 0.25) is 11.8 Å². The quantitative estimate of drug-likeness (QED) is 0.328. The molecule has 0 saturated heterocycles. The van der Waals surface area contributed by atoms with Crippen molar-refractivity contribution < 1.29 is 24.0 Å². The zero-order valence-electron chi connectivity index (χ0n) is 14.7. The molecule has 0 spiro atoms.